The van der Waals surface area contributed by atoms with E-state index in [-0.39, 0.29) is 5.91 Å². The van der Waals surface area contributed by atoms with Crippen molar-refractivity contribution >= 4 is 17.7 Å². The second kappa shape index (κ2) is 7.59. The van der Waals surface area contributed by atoms with Gasteiger partial charge in [0, 0.05) is 37.6 Å². The van der Waals surface area contributed by atoms with Crippen molar-refractivity contribution < 1.29 is 4.79 Å². The average Bonchev–Trinajstić information content (AvgIpc) is 3.24. The molecular formula is C16H21N5OS. The van der Waals surface area contributed by atoms with Crippen LogP contribution in [0.4, 0.5) is 0 Å². The van der Waals surface area contributed by atoms with E-state index in [2.05, 4.69) is 26.7 Å². The van der Waals surface area contributed by atoms with Gasteiger partial charge in [-0.05, 0) is 31.4 Å². The van der Waals surface area contributed by atoms with Gasteiger partial charge in [0.05, 0.1) is 5.75 Å². The van der Waals surface area contributed by atoms with Crippen molar-refractivity contribution in [3.8, 4) is 11.4 Å². The van der Waals surface area contributed by atoms with Crippen LogP contribution < -0.4 is 0 Å². The number of thioether (sulfide) groups is 1. The summed E-state index contributed by atoms with van der Waals surface area (Å²) in [4.78, 5) is 18.3. The van der Waals surface area contributed by atoms with Gasteiger partial charge in [0.15, 0.2) is 11.0 Å². The molecule has 7 heteroatoms. The smallest absolute Gasteiger partial charge is 0.233 e. The lowest BCUT2D eigenvalue weighted by atomic mass is 10.2. The van der Waals surface area contributed by atoms with Crippen molar-refractivity contribution in [2.24, 2.45) is 0 Å². The minimum Gasteiger partial charge on any atom is -0.342 e. The van der Waals surface area contributed by atoms with Gasteiger partial charge in [-0.2, -0.15) is 0 Å². The van der Waals surface area contributed by atoms with Crippen LogP contribution in [0.5, 0.6) is 0 Å². The third-order valence-corrected chi connectivity index (χ3v) is 4.82. The number of hydrogen-bond donors (Lipinski definition) is 0. The summed E-state index contributed by atoms with van der Waals surface area (Å²) in [6, 6.07) is 3.87. The van der Waals surface area contributed by atoms with Crippen molar-refractivity contribution in [3.63, 3.8) is 0 Å². The number of likely N-dealkylation sites (tertiary alicyclic amines) is 1. The van der Waals surface area contributed by atoms with Crippen molar-refractivity contribution in [3.05, 3.63) is 24.5 Å². The van der Waals surface area contributed by atoms with Gasteiger partial charge in [-0.15, -0.1) is 10.2 Å². The lowest BCUT2D eigenvalue weighted by molar-refractivity contribution is -0.127. The highest BCUT2D eigenvalue weighted by Gasteiger charge is 2.20. The molecule has 0 aliphatic carbocycles. The Kier molecular flexibility index (Phi) is 5.27. The molecule has 1 fully saturated rings. The summed E-state index contributed by atoms with van der Waals surface area (Å²) in [5.74, 6) is 1.44. The predicted molar refractivity (Wildman–Crippen MR) is 90.1 cm³/mol. The molecule has 0 bridgehead atoms. The Hall–Kier alpha value is -1.89. The number of carbonyl (C=O) groups is 1. The molecule has 0 saturated carbocycles. The second-order valence-electron chi connectivity index (χ2n) is 5.58. The summed E-state index contributed by atoms with van der Waals surface area (Å²) in [5.41, 5.74) is 0.950. The van der Waals surface area contributed by atoms with E-state index in [9.17, 15) is 4.79 Å². The largest absolute Gasteiger partial charge is 0.342 e. The third-order valence-electron chi connectivity index (χ3n) is 3.87. The molecule has 122 valence electrons. The molecule has 1 aliphatic heterocycles. The monoisotopic (exact) mass is 331 g/mol. The number of rotatable bonds is 6. The molecule has 0 atom stereocenters. The number of carbonyl (C=O) groups excluding carboxylic acids is 1. The van der Waals surface area contributed by atoms with Crippen molar-refractivity contribution in [1.29, 1.82) is 0 Å². The van der Waals surface area contributed by atoms with E-state index in [1.54, 1.807) is 12.4 Å². The lowest BCUT2D eigenvalue weighted by Crippen LogP contribution is -2.29. The van der Waals surface area contributed by atoms with Crippen LogP contribution in [0.3, 0.4) is 0 Å². The van der Waals surface area contributed by atoms with Gasteiger partial charge in [0.2, 0.25) is 5.91 Å². The Morgan fingerprint density at radius 1 is 1.30 bits per heavy atom. The van der Waals surface area contributed by atoms with Crippen LogP contribution in [0.25, 0.3) is 11.4 Å². The van der Waals surface area contributed by atoms with Gasteiger partial charge < -0.3 is 9.47 Å². The molecule has 0 spiro atoms. The Morgan fingerprint density at radius 3 is 2.83 bits per heavy atom. The minimum absolute atomic E-state index is 0.196. The maximum atomic E-state index is 12.2. The van der Waals surface area contributed by atoms with Gasteiger partial charge in [-0.1, -0.05) is 18.7 Å². The summed E-state index contributed by atoms with van der Waals surface area (Å²) in [5, 5.41) is 9.40. The standard InChI is InChI=1S/C16H21N5OS/c1-2-8-21-15(13-6-5-7-17-11-13)18-19-16(21)23-12-14(22)20-9-3-4-10-20/h5-7,11H,2-4,8-10,12H2,1H3. The van der Waals surface area contributed by atoms with Crippen LogP contribution in [-0.4, -0.2) is 49.4 Å². The molecule has 0 unspecified atom stereocenters. The first-order valence-corrected chi connectivity index (χ1v) is 9.02. The van der Waals surface area contributed by atoms with Crippen LogP contribution in [0, 0.1) is 0 Å². The molecular weight excluding hydrogens is 310 g/mol. The van der Waals surface area contributed by atoms with E-state index in [0.717, 1.165) is 55.4 Å². The fraction of sp³-hybridized carbons (Fsp3) is 0.500. The maximum absolute atomic E-state index is 12.2. The normalized spacial score (nSPS) is 14.4. The lowest BCUT2D eigenvalue weighted by Gasteiger charge is -2.14. The molecule has 0 N–H and O–H groups in total. The molecule has 3 rings (SSSR count). The SMILES string of the molecule is CCCn1c(SCC(=O)N2CCCC2)nnc1-c1cccnc1. The molecule has 6 nitrogen and oxygen atoms in total. The number of pyridine rings is 1. The molecule has 1 aliphatic rings. The summed E-state index contributed by atoms with van der Waals surface area (Å²) < 4.78 is 2.08. The molecule has 1 saturated heterocycles. The summed E-state index contributed by atoms with van der Waals surface area (Å²) >= 11 is 1.48. The van der Waals surface area contributed by atoms with Gasteiger partial charge in [-0.3, -0.25) is 9.78 Å². The van der Waals surface area contributed by atoms with Crippen LogP contribution in [0.1, 0.15) is 26.2 Å². The van der Waals surface area contributed by atoms with Gasteiger partial charge in [0.25, 0.3) is 0 Å². The highest BCUT2D eigenvalue weighted by atomic mass is 32.2. The van der Waals surface area contributed by atoms with Gasteiger partial charge in [0.1, 0.15) is 0 Å². The molecule has 0 radical (unpaired) electrons. The van der Waals surface area contributed by atoms with Crippen molar-refractivity contribution in [2.75, 3.05) is 18.8 Å². The molecule has 0 aromatic carbocycles. The summed E-state index contributed by atoms with van der Waals surface area (Å²) in [6.07, 6.45) is 6.76. The first-order chi connectivity index (χ1) is 11.3. The van der Waals surface area contributed by atoms with E-state index in [0.29, 0.717) is 5.75 Å². The molecule has 3 heterocycles. The van der Waals surface area contributed by atoms with Crippen LogP contribution in [-0.2, 0) is 11.3 Å². The highest BCUT2D eigenvalue weighted by molar-refractivity contribution is 7.99. The van der Waals surface area contributed by atoms with Crippen LogP contribution in [0.15, 0.2) is 29.7 Å². The van der Waals surface area contributed by atoms with Crippen molar-refractivity contribution in [2.45, 2.75) is 37.9 Å². The Morgan fingerprint density at radius 2 is 2.13 bits per heavy atom. The number of amides is 1. The zero-order valence-corrected chi connectivity index (χ0v) is 14.1. The molecule has 2 aromatic rings. The first-order valence-electron chi connectivity index (χ1n) is 8.03. The number of hydrogen-bond acceptors (Lipinski definition) is 5. The first kappa shape index (κ1) is 16.0. The fourth-order valence-electron chi connectivity index (χ4n) is 2.71. The number of aromatic nitrogens is 4. The average molecular weight is 331 g/mol. The zero-order valence-electron chi connectivity index (χ0n) is 13.3. The third kappa shape index (κ3) is 3.72. The fourth-order valence-corrected chi connectivity index (χ4v) is 3.58. The number of nitrogens with zero attached hydrogens (tertiary/aromatic N) is 5. The predicted octanol–water partition coefficient (Wildman–Crippen LogP) is 2.46. The van der Waals surface area contributed by atoms with Crippen molar-refractivity contribution in [1.82, 2.24) is 24.6 Å². The molecule has 23 heavy (non-hydrogen) atoms. The zero-order chi connectivity index (χ0) is 16.1. The Labute approximate surface area is 140 Å². The second-order valence-corrected chi connectivity index (χ2v) is 6.52. The summed E-state index contributed by atoms with van der Waals surface area (Å²) in [6.45, 7) is 4.73. The van der Waals surface area contributed by atoms with E-state index in [4.69, 9.17) is 0 Å². The maximum Gasteiger partial charge on any atom is 0.233 e. The molecule has 2 aromatic heterocycles. The van der Waals surface area contributed by atoms with Gasteiger partial charge >= 0.3 is 0 Å². The van der Waals surface area contributed by atoms with E-state index in [1.807, 2.05) is 17.0 Å². The van der Waals surface area contributed by atoms with Crippen LogP contribution >= 0.6 is 11.8 Å². The Balaban J connectivity index is 1.74. The highest BCUT2D eigenvalue weighted by Crippen LogP contribution is 2.24. The Bertz CT molecular complexity index is 652. The van der Waals surface area contributed by atoms with E-state index >= 15 is 0 Å². The van der Waals surface area contributed by atoms with E-state index in [1.165, 1.54) is 11.8 Å². The molecule has 1 amide bonds. The minimum atomic E-state index is 0.196. The van der Waals surface area contributed by atoms with Gasteiger partial charge in [-0.25, -0.2) is 0 Å². The topological polar surface area (TPSA) is 63.9 Å². The van der Waals surface area contributed by atoms with Crippen LogP contribution in [0.2, 0.25) is 0 Å². The summed E-state index contributed by atoms with van der Waals surface area (Å²) in [7, 11) is 0. The van der Waals surface area contributed by atoms with E-state index < -0.39 is 0 Å². The quantitative estimate of drug-likeness (QED) is 0.761.